The van der Waals surface area contributed by atoms with E-state index in [2.05, 4.69) is 24.5 Å². The molecule has 2 atom stereocenters. The SMILES string of the molecule is CC1(C)CC1C1(CN)NC(=O)NC1=O. The summed E-state index contributed by atoms with van der Waals surface area (Å²) in [5, 5.41) is 4.91. The molecule has 1 heterocycles. The van der Waals surface area contributed by atoms with Crippen LogP contribution in [0.4, 0.5) is 4.79 Å². The van der Waals surface area contributed by atoms with Gasteiger partial charge in [0.2, 0.25) is 0 Å². The van der Waals surface area contributed by atoms with E-state index >= 15 is 0 Å². The summed E-state index contributed by atoms with van der Waals surface area (Å²) in [6.07, 6.45) is 0.928. The van der Waals surface area contributed by atoms with Crippen molar-refractivity contribution in [3.05, 3.63) is 0 Å². The van der Waals surface area contributed by atoms with E-state index in [1.54, 1.807) is 0 Å². The fraction of sp³-hybridized carbons (Fsp3) is 0.778. The molecule has 78 valence electrons. The van der Waals surface area contributed by atoms with E-state index in [-0.39, 0.29) is 23.8 Å². The van der Waals surface area contributed by atoms with Crippen molar-refractivity contribution in [2.45, 2.75) is 25.8 Å². The summed E-state index contributed by atoms with van der Waals surface area (Å²) in [6.45, 7) is 4.32. The Kier molecular flexibility index (Phi) is 1.67. The topological polar surface area (TPSA) is 84.2 Å². The van der Waals surface area contributed by atoms with Gasteiger partial charge in [-0.15, -0.1) is 0 Å². The monoisotopic (exact) mass is 197 g/mol. The van der Waals surface area contributed by atoms with E-state index in [0.717, 1.165) is 6.42 Å². The second-order valence-electron chi connectivity index (χ2n) is 4.83. The van der Waals surface area contributed by atoms with Crippen molar-refractivity contribution in [1.82, 2.24) is 10.6 Å². The highest BCUT2D eigenvalue weighted by molar-refractivity contribution is 6.07. The van der Waals surface area contributed by atoms with Crippen molar-refractivity contribution in [1.29, 1.82) is 0 Å². The fourth-order valence-corrected chi connectivity index (χ4v) is 2.35. The van der Waals surface area contributed by atoms with Gasteiger partial charge >= 0.3 is 6.03 Å². The zero-order chi connectivity index (χ0) is 10.6. The Hall–Kier alpha value is -1.10. The molecule has 1 saturated heterocycles. The molecule has 5 heteroatoms. The van der Waals surface area contributed by atoms with Crippen LogP contribution in [0.3, 0.4) is 0 Å². The molecule has 0 aromatic heterocycles. The van der Waals surface area contributed by atoms with Crippen LogP contribution in [0.1, 0.15) is 20.3 Å². The molecule has 0 aromatic rings. The molecule has 0 bridgehead atoms. The highest BCUT2D eigenvalue weighted by atomic mass is 16.2. The zero-order valence-electron chi connectivity index (χ0n) is 8.39. The molecule has 1 aliphatic carbocycles. The van der Waals surface area contributed by atoms with Crippen molar-refractivity contribution in [3.8, 4) is 0 Å². The molecule has 1 saturated carbocycles. The molecule has 2 fully saturated rings. The van der Waals surface area contributed by atoms with Crippen LogP contribution in [-0.4, -0.2) is 24.0 Å². The normalized spacial score (nSPS) is 39.2. The molecule has 2 rings (SSSR count). The summed E-state index contributed by atoms with van der Waals surface area (Å²) < 4.78 is 0. The van der Waals surface area contributed by atoms with E-state index in [4.69, 9.17) is 5.73 Å². The van der Waals surface area contributed by atoms with Gasteiger partial charge in [0.25, 0.3) is 5.91 Å². The van der Waals surface area contributed by atoms with Crippen molar-refractivity contribution < 1.29 is 9.59 Å². The quantitative estimate of drug-likeness (QED) is 0.525. The highest BCUT2D eigenvalue weighted by Gasteiger charge is 2.63. The van der Waals surface area contributed by atoms with Gasteiger partial charge < -0.3 is 11.1 Å². The number of amides is 3. The summed E-state index contributed by atoms with van der Waals surface area (Å²) in [4.78, 5) is 22.7. The predicted molar refractivity (Wildman–Crippen MR) is 50.3 cm³/mol. The number of hydrogen-bond donors (Lipinski definition) is 3. The van der Waals surface area contributed by atoms with Crippen molar-refractivity contribution in [2.75, 3.05) is 6.54 Å². The number of nitrogens with two attached hydrogens (primary N) is 1. The molecular weight excluding hydrogens is 182 g/mol. The minimum atomic E-state index is -0.861. The molecule has 3 amide bonds. The third kappa shape index (κ3) is 1.05. The first-order chi connectivity index (χ1) is 6.42. The number of urea groups is 1. The first kappa shape index (κ1) is 9.45. The second-order valence-corrected chi connectivity index (χ2v) is 4.83. The van der Waals surface area contributed by atoms with Crippen LogP contribution in [0.25, 0.3) is 0 Å². The minimum Gasteiger partial charge on any atom is -0.328 e. The minimum absolute atomic E-state index is 0.105. The van der Waals surface area contributed by atoms with Crippen LogP contribution in [0, 0.1) is 11.3 Å². The molecule has 2 aliphatic rings. The Bertz CT molecular complexity index is 313. The molecule has 4 N–H and O–H groups in total. The molecule has 14 heavy (non-hydrogen) atoms. The maximum absolute atomic E-state index is 11.6. The summed E-state index contributed by atoms with van der Waals surface area (Å²) >= 11 is 0. The van der Waals surface area contributed by atoms with E-state index < -0.39 is 11.6 Å². The largest absolute Gasteiger partial charge is 0.328 e. The average molecular weight is 197 g/mol. The number of rotatable bonds is 2. The van der Waals surface area contributed by atoms with E-state index in [1.807, 2.05) is 0 Å². The van der Waals surface area contributed by atoms with Gasteiger partial charge in [-0.3, -0.25) is 10.1 Å². The highest BCUT2D eigenvalue weighted by Crippen LogP contribution is 2.57. The summed E-state index contributed by atoms with van der Waals surface area (Å²) in [6, 6.07) is -0.428. The molecule has 1 aliphatic heterocycles. The van der Waals surface area contributed by atoms with Crippen LogP contribution in [0.15, 0.2) is 0 Å². The third-order valence-electron chi connectivity index (χ3n) is 3.40. The smallest absolute Gasteiger partial charge is 0.322 e. The molecule has 0 radical (unpaired) electrons. The molecule has 0 aromatic carbocycles. The molecule has 0 spiro atoms. The number of nitrogens with one attached hydrogen (secondary N) is 2. The Morgan fingerprint density at radius 3 is 2.36 bits per heavy atom. The molecular formula is C9H15N3O2. The Labute approximate surface area is 82.4 Å². The van der Waals surface area contributed by atoms with E-state index in [0.29, 0.717) is 0 Å². The van der Waals surface area contributed by atoms with Crippen LogP contribution in [-0.2, 0) is 4.79 Å². The number of hydrogen-bond acceptors (Lipinski definition) is 3. The predicted octanol–water partition coefficient (Wildman–Crippen LogP) is -0.431. The van der Waals surface area contributed by atoms with Gasteiger partial charge in [-0.25, -0.2) is 4.79 Å². The first-order valence-electron chi connectivity index (χ1n) is 4.76. The van der Waals surface area contributed by atoms with E-state index in [9.17, 15) is 9.59 Å². The summed E-state index contributed by atoms with van der Waals surface area (Å²) in [7, 11) is 0. The first-order valence-corrected chi connectivity index (χ1v) is 4.76. The van der Waals surface area contributed by atoms with Crippen LogP contribution in [0.5, 0.6) is 0 Å². The van der Waals surface area contributed by atoms with Gasteiger partial charge in [-0.2, -0.15) is 0 Å². The maximum Gasteiger partial charge on any atom is 0.322 e. The Morgan fingerprint density at radius 1 is 1.50 bits per heavy atom. The lowest BCUT2D eigenvalue weighted by Gasteiger charge is -2.25. The lowest BCUT2D eigenvalue weighted by Crippen LogP contribution is -2.55. The summed E-state index contributed by atoms with van der Waals surface area (Å²) in [5.74, 6) is -0.118. The molecule has 2 unspecified atom stereocenters. The standard InChI is InChI=1S/C9H15N3O2/c1-8(2)3-5(8)9(4-10)6(13)11-7(14)12-9/h5H,3-4,10H2,1-2H3,(H2,11,12,13,14). The number of carbonyl (C=O) groups excluding carboxylic acids is 2. The number of imide groups is 1. The van der Waals surface area contributed by atoms with Gasteiger partial charge in [-0.1, -0.05) is 13.8 Å². The second kappa shape index (κ2) is 2.48. The van der Waals surface area contributed by atoms with Crippen LogP contribution < -0.4 is 16.4 Å². The fourth-order valence-electron chi connectivity index (χ4n) is 2.35. The van der Waals surface area contributed by atoms with Gasteiger partial charge in [-0.05, 0) is 17.8 Å². The zero-order valence-corrected chi connectivity index (χ0v) is 8.39. The van der Waals surface area contributed by atoms with Crippen LogP contribution >= 0.6 is 0 Å². The van der Waals surface area contributed by atoms with Crippen molar-refractivity contribution >= 4 is 11.9 Å². The van der Waals surface area contributed by atoms with Crippen molar-refractivity contribution in [2.24, 2.45) is 17.1 Å². The average Bonchev–Trinajstić information content (AvgIpc) is 2.60. The van der Waals surface area contributed by atoms with E-state index in [1.165, 1.54) is 0 Å². The lowest BCUT2D eigenvalue weighted by atomic mass is 9.89. The van der Waals surface area contributed by atoms with Crippen molar-refractivity contribution in [3.63, 3.8) is 0 Å². The third-order valence-corrected chi connectivity index (χ3v) is 3.40. The Balaban J connectivity index is 2.27. The van der Waals surface area contributed by atoms with Crippen LogP contribution in [0.2, 0.25) is 0 Å². The maximum atomic E-state index is 11.6. The van der Waals surface area contributed by atoms with Gasteiger partial charge in [0.1, 0.15) is 5.54 Å². The Morgan fingerprint density at radius 2 is 2.07 bits per heavy atom. The van der Waals surface area contributed by atoms with Gasteiger partial charge in [0.15, 0.2) is 0 Å². The lowest BCUT2D eigenvalue weighted by molar-refractivity contribution is -0.124. The molecule has 5 nitrogen and oxygen atoms in total. The summed E-state index contributed by atoms with van der Waals surface area (Å²) in [5.41, 5.74) is 4.85. The van der Waals surface area contributed by atoms with Gasteiger partial charge in [0.05, 0.1) is 0 Å². The van der Waals surface area contributed by atoms with Gasteiger partial charge in [0, 0.05) is 6.54 Å². The number of carbonyl (C=O) groups is 2.